The number of carbonyl (C=O) groups excluding carboxylic acids is 1. The van der Waals surface area contributed by atoms with Crippen molar-refractivity contribution in [2.45, 2.75) is 6.92 Å². The van der Waals surface area contributed by atoms with E-state index in [1.54, 1.807) is 19.1 Å². The molecule has 5 heteroatoms. The number of halogens is 2. The molecule has 0 spiro atoms. The minimum Gasteiger partial charge on any atom is -0.344 e. The monoisotopic (exact) mass is 290 g/mol. The second-order valence-corrected chi connectivity index (χ2v) is 4.62. The molecule has 102 valence electrons. The van der Waals surface area contributed by atoms with Crippen LogP contribution in [0, 0.1) is 5.82 Å². The standard InChI is InChI=1S/C15H12ClFN2O/c1-10(19-15-7-4-12(16)9-18-15)8-14(20)11-2-5-13(17)6-3-11/h2-9H,1H3,(H,18,19)/b10-8-. The van der Waals surface area contributed by atoms with Gasteiger partial charge in [0.2, 0.25) is 0 Å². The van der Waals surface area contributed by atoms with Crippen LogP contribution in [0.1, 0.15) is 17.3 Å². The number of nitrogens with one attached hydrogen (secondary N) is 1. The lowest BCUT2D eigenvalue weighted by atomic mass is 10.1. The van der Waals surface area contributed by atoms with Crippen LogP contribution in [-0.4, -0.2) is 10.8 Å². The third-order valence-electron chi connectivity index (χ3n) is 2.53. The predicted octanol–water partition coefficient (Wildman–Crippen LogP) is 4.07. The summed E-state index contributed by atoms with van der Waals surface area (Å²) in [5, 5.41) is 3.52. The first-order valence-corrected chi connectivity index (χ1v) is 6.29. The first-order valence-electron chi connectivity index (χ1n) is 5.91. The van der Waals surface area contributed by atoms with Crippen LogP contribution in [0.2, 0.25) is 5.02 Å². The highest BCUT2D eigenvalue weighted by Crippen LogP contribution is 2.12. The number of hydrogen-bond acceptors (Lipinski definition) is 3. The fourth-order valence-corrected chi connectivity index (χ4v) is 1.69. The molecule has 0 atom stereocenters. The Morgan fingerprint density at radius 3 is 2.55 bits per heavy atom. The average Bonchev–Trinajstić information content (AvgIpc) is 2.42. The van der Waals surface area contributed by atoms with Gasteiger partial charge in [0.05, 0.1) is 5.02 Å². The molecular weight excluding hydrogens is 279 g/mol. The Balaban J connectivity index is 2.07. The Kier molecular flexibility index (Phi) is 4.48. The molecule has 1 N–H and O–H groups in total. The minimum atomic E-state index is -0.370. The van der Waals surface area contributed by atoms with Crippen molar-refractivity contribution in [3.05, 3.63) is 70.8 Å². The third-order valence-corrected chi connectivity index (χ3v) is 2.75. The van der Waals surface area contributed by atoms with Gasteiger partial charge in [-0.3, -0.25) is 4.79 Å². The molecule has 0 aliphatic carbocycles. The SMILES string of the molecule is C/C(=C/C(=O)c1ccc(F)cc1)Nc1ccc(Cl)cn1. The molecule has 0 aliphatic rings. The van der Waals surface area contributed by atoms with E-state index in [2.05, 4.69) is 10.3 Å². The Labute approximate surface area is 121 Å². The van der Waals surface area contributed by atoms with Gasteiger partial charge >= 0.3 is 0 Å². The maximum atomic E-state index is 12.8. The van der Waals surface area contributed by atoms with Crippen molar-refractivity contribution in [1.82, 2.24) is 4.98 Å². The molecule has 2 aromatic rings. The minimum absolute atomic E-state index is 0.205. The van der Waals surface area contributed by atoms with Gasteiger partial charge in [-0.05, 0) is 43.3 Å². The zero-order valence-electron chi connectivity index (χ0n) is 10.7. The lowest BCUT2D eigenvalue weighted by Gasteiger charge is -2.05. The molecule has 0 unspecified atom stereocenters. The summed E-state index contributed by atoms with van der Waals surface area (Å²) in [5.41, 5.74) is 1.06. The summed E-state index contributed by atoms with van der Waals surface area (Å²) >= 11 is 5.74. The molecule has 0 amide bonds. The van der Waals surface area contributed by atoms with Gasteiger partial charge in [-0.25, -0.2) is 9.37 Å². The fourth-order valence-electron chi connectivity index (χ4n) is 1.58. The van der Waals surface area contributed by atoms with E-state index in [9.17, 15) is 9.18 Å². The van der Waals surface area contributed by atoms with E-state index in [0.717, 1.165) is 0 Å². The van der Waals surface area contributed by atoms with Gasteiger partial charge in [-0.1, -0.05) is 11.6 Å². The number of allylic oxidation sites excluding steroid dienone is 2. The number of nitrogens with zero attached hydrogens (tertiary/aromatic N) is 1. The molecule has 1 aromatic heterocycles. The Morgan fingerprint density at radius 2 is 1.95 bits per heavy atom. The number of aromatic nitrogens is 1. The molecule has 0 aliphatic heterocycles. The smallest absolute Gasteiger partial charge is 0.187 e. The van der Waals surface area contributed by atoms with Crippen LogP contribution in [0.15, 0.2) is 54.4 Å². The van der Waals surface area contributed by atoms with E-state index in [1.165, 1.54) is 36.5 Å². The molecule has 0 saturated heterocycles. The zero-order valence-corrected chi connectivity index (χ0v) is 11.5. The molecular formula is C15H12ClFN2O. The van der Waals surface area contributed by atoms with Crippen LogP contribution in [0.3, 0.4) is 0 Å². The van der Waals surface area contributed by atoms with Crippen molar-refractivity contribution >= 4 is 23.2 Å². The maximum absolute atomic E-state index is 12.8. The average molecular weight is 291 g/mol. The maximum Gasteiger partial charge on any atom is 0.187 e. The van der Waals surface area contributed by atoms with Gasteiger partial charge in [0.1, 0.15) is 11.6 Å². The first kappa shape index (κ1) is 14.2. The van der Waals surface area contributed by atoms with Crippen molar-refractivity contribution in [2.75, 3.05) is 5.32 Å². The molecule has 1 heterocycles. The third kappa shape index (κ3) is 3.90. The lowest BCUT2D eigenvalue weighted by molar-refractivity contribution is 0.104. The Hall–Kier alpha value is -2.20. The Morgan fingerprint density at radius 1 is 1.25 bits per heavy atom. The van der Waals surface area contributed by atoms with Crippen molar-refractivity contribution in [1.29, 1.82) is 0 Å². The molecule has 3 nitrogen and oxygen atoms in total. The van der Waals surface area contributed by atoms with E-state index in [1.807, 2.05) is 0 Å². The van der Waals surface area contributed by atoms with Gasteiger partial charge in [0, 0.05) is 23.5 Å². The number of benzene rings is 1. The van der Waals surface area contributed by atoms with Gasteiger partial charge in [-0.2, -0.15) is 0 Å². The van der Waals surface area contributed by atoms with Crippen molar-refractivity contribution in [3.8, 4) is 0 Å². The van der Waals surface area contributed by atoms with Gasteiger partial charge in [0.25, 0.3) is 0 Å². The van der Waals surface area contributed by atoms with Crippen LogP contribution in [-0.2, 0) is 0 Å². The van der Waals surface area contributed by atoms with E-state index in [4.69, 9.17) is 11.6 Å². The molecule has 0 bridgehead atoms. The topological polar surface area (TPSA) is 42.0 Å². The Bertz CT molecular complexity index is 636. The largest absolute Gasteiger partial charge is 0.344 e. The van der Waals surface area contributed by atoms with Gasteiger partial charge in [0.15, 0.2) is 5.78 Å². The molecule has 2 rings (SSSR count). The van der Waals surface area contributed by atoms with Gasteiger partial charge in [-0.15, -0.1) is 0 Å². The number of hydrogen-bond donors (Lipinski definition) is 1. The summed E-state index contributed by atoms with van der Waals surface area (Å²) in [5.74, 6) is 0.0183. The highest BCUT2D eigenvalue weighted by molar-refractivity contribution is 6.30. The quantitative estimate of drug-likeness (QED) is 0.681. The number of rotatable bonds is 4. The number of ketones is 1. The van der Waals surface area contributed by atoms with Crippen LogP contribution in [0.5, 0.6) is 0 Å². The van der Waals surface area contributed by atoms with E-state index in [-0.39, 0.29) is 11.6 Å². The van der Waals surface area contributed by atoms with Crippen LogP contribution in [0.4, 0.5) is 10.2 Å². The first-order chi connectivity index (χ1) is 9.54. The summed E-state index contributed by atoms with van der Waals surface area (Å²) in [6, 6.07) is 8.81. The van der Waals surface area contributed by atoms with Crippen LogP contribution in [0.25, 0.3) is 0 Å². The van der Waals surface area contributed by atoms with Crippen molar-refractivity contribution in [3.63, 3.8) is 0 Å². The van der Waals surface area contributed by atoms with Crippen LogP contribution >= 0.6 is 11.6 Å². The highest BCUT2D eigenvalue weighted by Gasteiger charge is 2.04. The summed E-state index contributed by atoms with van der Waals surface area (Å²) < 4.78 is 12.8. The highest BCUT2D eigenvalue weighted by atomic mass is 35.5. The summed E-state index contributed by atoms with van der Waals surface area (Å²) in [6.07, 6.45) is 2.95. The summed E-state index contributed by atoms with van der Waals surface area (Å²) in [7, 11) is 0. The van der Waals surface area contributed by atoms with Crippen molar-refractivity contribution < 1.29 is 9.18 Å². The molecule has 0 fully saturated rings. The number of carbonyl (C=O) groups is 1. The van der Waals surface area contributed by atoms with Crippen LogP contribution < -0.4 is 5.32 Å². The number of pyridine rings is 1. The fraction of sp³-hybridized carbons (Fsp3) is 0.0667. The molecule has 0 radical (unpaired) electrons. The molecule has 0 saturated carbocycles. The normalized spacial score (nSPS) is 11.2. The molecule has 1 aromatic carbocycles. The second kappa shape index (κ2) is 6.30. The van der Waals surface area contributed by atoms with E-state index < -0.39 is 0 Å². The van der Waals surface area contributed by atoms with E-state index >= 15 is 0 Å². The van der Waals surface area contributed by atoms with E-state index in [0.29, 0.717) is 22.1 Å². The number of anilines is 1. The zero-order chi connectivity index (χ0) is 14.5. The van der Waals surface area contributed by atoms with Gasteiger partial charge < -0.3 is 5.32 Å². The molecule has 20 heavy (non-hydrogen) atoms. The van der Waals surface area contributed by atoms with Crippen molar-refractivity contribution in [2.24, 2.45) is 0 Å². The second-order valence-electron chi connectivity index (χ2n) is 4.19. The lowest BCUT2D eigenvalue weighted by Crippen LogP contribution is -2.02. The predicted molar refractivity (Wildman–Crippen MR) is 77.4 cm³/mol. The summed E-state index contributed by atoms with van der Waals surface area (Å²) in [4.78, 5) is 16.0. The summed E-state index contributed by atoms with van der Waals surface area (Å²) in [6.45, 7) is 1.75.